The minimum absolute atomic E-state index is 0.00923. The maximum Gasteiger partial charge on any atom is 0.265 e. The average Bonchev–Trinajstić information content (AvgIpc) is 2.66. The largest absolute Gasteiger partial charge is 0.496 e. The molecule has 0 saturated carbocycles. The molecular formula is C20H22N2O5. The molecule has 0 spiro atoms. The number of hydrogen-bond acceptors (Lipinski definition) is 5. The maximum absolute atomic E-state index is 12.8. The van der Waals surface area contributed by atoms with E-state index in [0.717, 1.165) is 0 Å². The van der Waals surface area contributed by atoms with Crippen LogP contribution in [0.4, 0.5) is 11.4 Å². The molecule has 2 aromatic carbocycles. The zero-order chi connectivity index (χ0) is 19.6. The van der Waals surface area contributed by atoms with Crippen molar-refractivity contribution in [2.45, 2.75) is 19.9 Å². The number of carbonyl (C=O) groups excluding carboxylic acids is 2. The van der Waals surface area contributed by atoms with Crippen molar-refractivity contribution in [3.05, 3.63) is 42.0 Å². The fraction of sp³-hybridized carbons (Fsp3) is 0.300. The Labute approximate surface area is 157 Å². The number of amides is 2. The lowest BCUT2D eigenvalue weighted by atomic mass is 10.1. The highest BCUT2D eigenvalue weighted by Crippen LogP contribution is 2.36. The maximum atomic E-state index is 12.8. The highest BCUT2D eigenvalue weighted by Gasteiger charge is 2.28. The molecule has 0 bridgehead atoms. The van der Waals surface area contributed by atoms with Gasteiger partial charge in [-0.05, 0) is 44.2 Å². The van der Waals surface area contributed by atoms with Crippen molar-refractivity contribution < 1.29 is 23.8 Å². The SMILES string of the molecule is COc1cccc(OC)c1C(=O)Nc1ccc2c(c1)N(C(C)C)C(=O)CO2. The van der Waals surface area contributed by atoms with Gasteiger partial charge in [0, 0.05) is 11.7 Å². The van der Waals surface area contributed by atoms with Crippen molar-refractivity contribution in [3.8, 4) is 17.2 Å². The minimum Gasteiger partial charge on any atom is -0.496 e. The molecule has 1 aliphatic rings. The molecule has 0 saturated heterocycles. The van der Waals surface area contributed by atoms with Crippen LogP contribution in [0.3, 0.4) is 0 Å². The first-order chi connectivity index (χ1) is 13.0. The third-order valence-corrected chi connectivity index (χ3v) is 4.27. The molecule has 0 aliphatic carbocycles. The van der Waals surface area contributed by atoms with E-state index < -0.39 is 0 Å². The van der Waals surface area contributed by atoms with Gasteiger partial charge >= 0.3 is 0 Å². The molecule has 2 aromatic rings. The predicted molar refractivity (Wildman–Crippen MR) is 102 cm³/mol. The molecule has 2 amide bonds. The van der Waals surface area contributed by atoms with Gasteiger partial charge in [-0.2, -0.15) is 0 Å². The van der Waals surface area contributed by atoms with Gasteiger partial charge in [0.25, 0.3) is 11.8 Å². The van der Waals surface area contributed by atoms with E-state index in [2.05, 4.69) is 5.32 Å². The number of ether oxygens (including phenoxy) is 3. The number of nitrogens with zero attached hydrogens (tertiary/aromatic N) is 1. The fourth-order valence-corrected chi connectivity index (χ4v) is 3.08. The van der Waals surface area contributed by atoms with Gasteiger partial charge in [0.15, 0.2) is 6.61 Å². The lowest BCUT2D eigenvalue weighted by Crippen LogP contribution is -2.43. The van der Waals surface area contributed by atoms with Crippen molar-refractivity contribution in [1.29, 1.82) is 0 Å². The number of hydrogen-bond donors (Lipinski definition) is 1. The van der Waals surface area contributed by atoms with Crippen molar-refractivity contribution in [2.75, 3.05) is 31.0 Å². The summed E-state index contributed by atoms with van der Waals surface area (Å²) in [7, 11) is 2.99. The monoisotopic (exact) mass is 370 g/mol. The van der Waals surface area contributed by atoms with Gasteiger partial charge in [-0.25, -0.2) is 0 Å². The molecule has 3 rings (SSSR count). The van der Waals surface area contributed by atoms with Crippen LogP contribution < -0.4 is 24.4 Å². The molecule has 0 aromatic heterocycles. The second kappa shape index (κ2) is 7.57. The van der Waals surface area contributed by atoms with E-state index in [1.807, 2.05) is 13.8 Å². The average molecular weight is 370 g/mol. The van der Waals surface area contributed by atoms with Gasteiger partial charge in [0.1, 0.15) is 22.8 Å². The lowest BCUT2D eigenvalue weighted by molar-refractivity contribution is -0.121. The second-order valence-corrected chi connectivity index (χ2v) is 6.32. The van der Waals surface area contributed by atoms with E-state index in [1.54, 1.807) is 41.3 Å². The van der Waals surface area contributed by atoms with E-state index >= 15 is 0 Å². The first-order valence-corrected chi connectivity index (χ1v) is 8.57. The normalized spacial score (nSPS) is 13.1. The molecule has 1 heterocycles. The molecule has 0 atom stereocenters. The summed E-state index contributed by atoms with van der Waals surface area (Å²) in [5.41, 5.74) is 1.47. The standard InChI is InChI=1S/C20H22N2O5/c1-12(2)22-14-10-13(8-9-15(14)27-11-18(22)23)21-20(24)19-16(25-3)6-5-7-17(19)26-4/h5-10,12H,11H2,1-4H3,(H,21,24). The number of nitrogens with one attached hydrogen (secondary N) is 1. The second-order valence-electron chi connectivity index (χ2n) is 6.32. The molecule has 0 radical (unpaired) electrons. The van der Waals surface area contributed by atoms with Crippen molar-refractivity contribution in [2.24, 2.45) is 0 Å². The highest BCUT2D eigenvalue weighted by atomic mass is 16.5. The molecular weight excluding hydrogens is 348 g/mol. The summed E-state index contributed by atoms with van der Waals surface area (Å²) in [5.74, 6) is 0.936. The molecule has 27 heavy (non-hydrogen) atoms. The van der Waals surface area contributed by atoms with Crippen LogP contribution in [0.5, 0.6) is 17.2 Å². The van der Waals surface area contributed by atoms with Crippen LogP contribution in [0.2, 0.25) is 0 Å². The Balaban J connectivity index is 1.94. The molecule has 1 aliphatic heterocycles. The number of benzene rings is 2. The molecule has 142 valence electrons. The van der Waals surface area contributed by atoms with Crippen LogP contribution in [0.15, 0.2) is 36.4 Å². The van der Waals surface area contributed by atoms with E-state index in [0.29, 0.717) is 34.2 Å². The van der Waals surface area contributed by atoms with Crippen molar-refractivity contribution in [1.82, 2.24) is 0 Å². The first-order valence-electron chi connectivity index (χ1n) is 8.57. The Morgan fingerprint density at radius 3 is 2.41 bits per heavy atom. The number of carbonyl (C=O) groups is 2. The Bertz CT molecular complexity index is 856. The van der Waals surface area contributed by atoms with Gasteiger partial charge in [-0.3, -0.25) is 9.59 Å². The van der Waals surface area contributed by atoms with E-state index in [1.165, 1.54) is 14.2 Å². The van der Waals surface area contributed by atoms with Crippen LogP contribution in [0.1, 0.15) is 24.2 Å². The van der Waals surface area contributed by atoms with Gasteiger partial charge in [-0.1, -0.05) is 6.07 Å². The van der Waals surface area contributed by atoms with Crippen LogP contribution in [-0.2, 0) is 4.79 Å². The number of methoxy groups -OCH3 is 2. The Hall–Kier alpha value is -3.22. The highest BCUT2D eigenvalue weighted by molar-refractivity contribution is 6.09. The molecule has 1 N–H and O–H groups in total. The summed E-state index contributed by atoms with van der Waals surface area (Å²) < 4.78 is 16.1. The molecule has 7 heteroatoms. The van der Waals surface area contributed by atoms with Crippen LogP contribution >= 0.6 is 0 Å². The number of anilines is 2. The summed E-state index contributed by atoms with van der Waals surface area (Å²) in [6.45, 7) is 3.87. The van der Waals surface area contributed by atoms with E-state index in [9.17, 15) is 9.59 Å². The van der Waals surface area contributed by atoms with Gasteiger partial charge < -0.3 is 24.4 Å². The van der Waals surface area contributed by atoms with Gasteiger partial charge in [0.2, 0.25) is 0 Å². The Morgan fingerprint density at radius 1 is 1.15 bits per heavy atom. The number of rotatable bonds is 5. The van der Waals surface area contributed by atoms with E-state index in [4.69, 9.17) is 14.2 Å². The van der Waals surface area contributed by atoms with Crippen LogP contribution in [0.25, 0.3) is 0 Å². The molecule has 7 nitrogen and oxygen atoms in total. The fourth-order valence-electron chi connectivity index (χ4n) is 3.08. The number of fused-ring (bicyclic) bond motifs is 1. The summed E-state index contributed by atoms with van der Waals surface area (Å²) in [4.78, 5) is 26.7. The lowest BCUT2D eigenvalue weighted by Gasteiger charge is -2.32. The molecule has 0 fully saturated rings. The van der Waals surface area contributed by atoms with Gasteiger partial charge in [-0.15, -0.1) is 0 Å². The zero-order valence-corrected chi connectivity index (χ0v) is 15.7. The quantitative estimate of drug-likeness (QED) is 0.875. The van der Waals surface area contributed by atoms with Crippen molar-refractivity contribution in [3.63, 3.8) is 0 Å². The van der Waals surface area contributed by atoms with Crippen LogP contribution in [0, 0.1) is 0 Å². The Kier molecular flexibility index (Phi) is 5.21. The van der Waals surface area contributed by atoms with Crippen molar-refractivity contribution >= 4 is 23.2 Å². The predicted octanol–water partition coefficient (Wildman–Crippen LogP) is 3.09. The van der Waals surface area contributed by atoms with E-state index in [-0.39, 0.29) is 24.5 Å². The van der Waals surface area contributed by atoms with Crippen LogP contribution in [-0.4, -0.2) is 38.7 Å². The first kappa shape index (κ1) is 18.6. The third-order valence-electron chi connectivity index (χ3n) is 4.27. The zero-order valence-electron chi connectivity index (χ0n) is 15.7. The summed E-state index contributed by atoms with van der Waals surface area (Å²) >= 11 is 0. The molecule has 0 unspecified atom stereocenters. The summed E-state index contributed by atoms with van der Waals surface area (Å²) in [6.07, 6.45) is 0. The topological polar surface area (TPSA) is 77.1 Å². The minimum atomic E-state index is -0.372. The van der Waals surface area contributed by atoms with Gasteiger partial charge in [0.05, 0.1) is 19.9 Å². The summed E-state index contributed by atoms with van der Waals surface area (Å²) in [6, 6.07) is 10.3. The smallest absolute Gasteiger partial charge is 0.265 e. The summed E-state index contributed by atoms with van der Waals surface area (Å²) in [5, 5.41) is 2.84. The third kappa shape index (κ3) is 3.53. The Morgan fingerprint density at radius 2 is 1.81 bits per heavy atom.